The molecule has 1 aromatic heterocycles. The molecule has 0 radical (unpaired) electrons. The van der Waals surface area contributed by atoms with Crippen LogP contribution in [-0.4, -0.2) is 46.2 Å². The van der Waals surface area contributed by atoms with Gasteiger partial charge in [-0.05, 0) is 24.3 Å². The highest BCUT2D eigenvalue weighted by Gasteiger charge is 2.32. The summed E-state index contributed by atoms with van der Waals surface area (Å²) in [6, 6.07) is 1.98. The van der Waals surface area contributed by atoms with Crippen LogP contribution in [0, 0.1) is 0 Å². The monoisotopic (exact) mass is 281 g/mol. The van der Waals surface area contributed by atoms with Gasteiger partial charge in [0.1, 0.15) is 0 Å². The molecule has 2 aliphatic rings. The number of hydrogen-bond donors (Lipinski definition) is 2. The fourth-order valence-corrected chi connectivity index (χ4v) is 3.48. The Hall–Kier alpha value is -1.76. The summed E-state index contributed by atoms with van der Waals surface area (Å²) in [6.45, 7) is 1.64. The molecule has 7 heteroatoms. The van der Waals surface area contributed by atoms with Gasteiger partial charge in [-0.25, -0.2) is 9.59 Å². The average Bonchev–Trinajstić information content (AvgIpc) is 2.85. The van der Waals surface area contributed by atoms with Crippen LogP contribution in [0.25, 0.3) is 0 Å². The number of hydrogen-bond acceptors (Lipinski definition) is 3. The van der Waals surface area contributed by atoms with E-state index < -0.39 is 6.09 Å². The van der Waals surface area contributed by atoms with Crippen LogP contribution >= 0.6 is 11.3 Å². The van der Waals surface area contributed by atoms with E-state index in [2.05, 4.69) is 5.32 Å². The lowest BCUT2D eigenvalue weighted by molar-refractivity contribution is 0.105. The molecule has 3 heterocycles. The molecule has 1 saturated heterocycles. The minimum absolute atomic E-state index is 0.0697. The smallest absolute Gasteiger partial charge is 0.407 e. The maximum absolute atomic E-state index is 12.1. The molecule has 1 fully saturated rings. The van der Waals surface area contributed by atoms with Gasteiger partial charge in [0.25, 0.3) is 0 Å². The zero-order valence-corrected chi connectivity index (χ0v) is 11.2. The molecular weight excluding hydrogens is 266 g/mol. The Morgan fingerprint density at radius 1 is 1.42 bits per heavy atom. The number of carbonyl (C=O) groups is 2. The third-order valence-corrected chi connectivity index (χ3v) is 4.64. The van der Waals surface area contributed by atoms with E-state index in [1.807, 2.05) is 16.3 Å². The molecule has 3 amide bonds. The van der Waals surface area contributed by atoms with Crippen molar-refractivity contribution in [2.45, 2.75) is 25.4 Å². The Morgan fingerprint density at radius 2 is 2.16 bits per heavy atom. The molecule has 2 aliphatic heterocycles. The number of thiophene rings is 1. The van der Waals surface area contributed by atoms with Gasteiger partial charge in [-0.1, -0.05) is 0 Å². The maximum Gasteiger partial charge on any atom is 0.407 e. The summed E-state index contributed by atoms with van der Waals surface area (Å²) in [6.07, 6.45) is 0.544. The Balaban J connectivity index is 1.68. The summed E-state index contributed by atoms with van der Waals surface area (Å²) in [7, 11) is 0. The van der Waals surface area contributed by atoms with Crippen LogP contribution in [0.15, 0.2) is 11.4 Å². The van der Waals surface area contributed by atoms with Crippen molar-refractivity contribution in [2.24, 2.45) is 0 Å². The van der Waals surface area contributed by atoms with Gasteiger partial charge in [0.15, 0.2) is 0 Å². The second-order valence-electron chi connectivity index (χ2n) is 4.82. The van der Waals surface area contributed by atoms with Crippen LogP contribution < -0.4 is 5.32 Å². The molecule has 0 aliphatic carbocycles. The maximum atomic E-state index is 12.1. The number of piperidine rings is 1. The number of carboxylic acid groups (broad SMARTS) is 1. The predicted octanol–water partition coefficient (Wildman–Crippen LogP) is 2.24. The second-order valence-corrected chi connectivity index (χ2v) is 5.82. The Bertz CT molecular complexity index is 508. The quantitative estimate of drug-likeness (QED) is 0.829. The molecule has 0 aromatic carbocycles. The van der Waals surface area contributed by atoms with Crippen molar-refractivity contribution in [3.05, 3.63) is 16.3 Å². The van der Waals surface area contributed by atoms with E-state index in [0.29, 0.717) is 32.5 Å². The molecule has 102 valence electrons. The van der Waals surface area contributed by atoms with Crippen LogP contribution in [0.3, 0.4) is 0 Å². The first-order chi connectivity index (χ1) is 9.15. The van der Waals surface area contributed by atoms with E-state index in [0.717, 1.165) is 5.69 Å². The van der Waals surface area contributed by atoms with Gasteiger partial charge in [0.2, 0.25) is 0 Å². The molecule has 0 bridgehead atoms. The number of nitrogens with zero attached hydrogens (tertiary/aromatic N) is 2. The number of carbonyl (C=O) groups excluding carboxylic acids is 1. The number of fused-ring (bicyclic) bond motifs is 1. The Labute approximate surface area is 114 Å². The lowest BCUT2D eigenvalue weighted by Crippen LogP contribution is -2.50. The molecule has 0 saturated carbocycles. The molecule has 1 aromatic rings. The average molecular weight is 281 g/mol. The lowest BCUT2D eigenvalue weighted by Gasteiger charge is -2.39. The number of likely N-dealkylation sites (tertiary alicyclic amines) is 1. The van der Waals surface area contributed by atoms with E-state index in [9.17, 15) is 9.59 Å². The van der Waals surface area contributed by atoms with Gasteiger partial charge in [0, 0.05) is 24.0 Å². The van der Waals surface area contributed by atoms with Crippen molar-refractivity contribution in [3.63, 3.8) is 0 Å². The van der Waals surface area contributed by atoms with E-state index >= 15 is 0 Å². The minimum Gasteiger partial charge on any atom is -0.465 e. The van der Waals surface area contributed by atoms with E-state index in [1.54, 1.807) is 11.3 Å². The van der Waals surface area contributed by atoms with Gasteiger partial charge >= 0.3 is 12.1 Å². The SMILES string of the molecule is O=C(O)N1CCC(N2Cc3sccc3NC2=O)CC1. The van der Waals surface area contributed by atoms with E-state index in [4.69, 9.17) is 5.11 Å². The van der Waals surface area contributed by atoms with Gasteiger partial charge < -0.3 is 20.2 Å². The van der Waals surface area contributed by atoms with Crippen molar-refractivity contribution in [2.75, 3.05) is 18.4 Å². The molecular formula is C12H15N3O3S. The summed E-state index contributed by atoms with van der Waals surface area (Å²) < 4.78 is 0. The largest absolute Gasteiger partial charge is 0.465 e. The number of nitrogens with one attached hydrogen (secondary N) is 1. The van der Waals surface area contributed by atoms with Crippen LogP contribution in [0.1, 0.15) is 17.7 Å². The van der Waals surface area contributed by atoms with Crippen LogP contribution in [0.5, 0.6) is 0 Å². The fraction of sp³-hybridized carbons (Fsp3) is 0.500. The van der Waals surface area contributed by atoms with E-state index in [-0.39, 0.29) is 12.1 Å². The third kappa shape index (κ3) is 2.25. The van der Waals surface area contributed by atoms with Crippen molar-refractivity contribution in [3.8, 4) is 0 Å². The highest BCUT2D eigenvalue weighted by molar-refractivity contribution is 7.10. The highest BCUT2D eigenvalue weighted by atomic mass is 32.1. The topological polar surface area (TPSA) is 72.9 Å². The zero-order valence-electron chi connectivity index (χ0n) is 10.3. The summed E-state index contributed by atoms with van der Waals surface area (Å²) in [5.41, 5.74) is 0.911. The van der Waals surface area contributed by atoms with Gasteiger partial charge in [-0.15, -0.1) is 11.3 Å². The molecule has 6 nitrogen and oxygen atoms in total. The van der Waals surface area contributed by atoms with Gasteiger partial charge in [-0.2, -0.15) is 0 Å². The van der Waals surface area contributed by atoms with Crippen molar-refractivity contribution in [1.29, 1.82) is 0 Å². The molecule has 0 spiro atoms. The number of urea groups is 1. The first-order valence-electron chi connectivity index (χ1n) is 6.27. The normalized spacial score (nSPS) is 20.1. The molecule has 0 unspecified atom stereocenters. The minimum atomic E-state index is -0.873. The number of rotatable bonds is 1. The second kappa shape index (κ2) is 4.73. The van der Waals surface area contributed by atoms with Crippen LogP contribution in [0.4, 0.5) is 15.3 Å². The number of amides is 3. The van der Waals surface area contributed by atoms with Crippen LogP contribution in [0.2, 0.25) is 0 Å². The summed E-state index contributed by atoms with van der Waals surface area (Å²) in [5.74, 6) is 0. The first-order valence-corrected chi connectivity index (χ1v) is 7.15. The standard InChI is InChI=1S/C12H15N3O3S/c16-11-13-9-3-6-19-10(9)7-15(11)8-1-4-14(5-2-8)12(17)18/h3,6,8H,1-2,4-5,7H2,(H,13,16)(H,17,18). The van der Waals surface area contributed by atoms with Gasteiger partial charge in [0.05, 0.1) is 12.2 Å². The van der Waals surface area contributed by atoms with E-state index in [1.165, 1.54) is 9.78 Å². The van der Waals surface area contributed by atoms with Crippen molar-refractivity contribution >= 4 is 29.1 Å². The van der Waals surface area contributed by atoms with Gasteiger partial charge in [-0.3, -0.25) is 0 Å². The number of anilines is 1. The fourth-order valence-electron chi connectivity index (χ4n) is 2.65. The third-order valence-electron chi connectivity index (χ3n) is 3.74. The Morgan fingerprint density at radius 3 is 2.84 bits per heavy atom. The molecule has 2 N–H and O–H groups in total. The predicted molar refractivity (Wildman–Crippen MR) is 71.5 cm³/mol. The summed E-state index contributed by atoms with van der Waals surface area (Å²) in [4.78, 5) is 27.3. The lowest BCUT2D eigenvalue weighted by atomic mass is 10.0. The molecule has 3 rings (SSSR count). The Kier molecular flexibility index (Phi) is 3.06. The molecule has 19 heavy (non-hydrogen) atoms. The van der Waals surface area contributed by atoms with Crippen molar-refractivity contribution < 1.29 is 14.7 Å². The van der Waals surface area contributed by atoms with Crippen LogP contribution in [-0.2, 0) is 6.54 Å². The zero-order chi connectivity index (χ0) is 13.4. The summed E-state index contributed by atoms with van der Waals surface area (Å²) >= 11 is 1.64. The van der Waals surface area contributed by atoms with Crippen molar-refractivity contribution in [1.82, 2.24) is 9.80 Å². The highest BCUT2D eigenvalue weighted by Crippen LogP contribution is 2.31. The summed E-state index contributed by atoms with van der Waals surface area (Å²) in [5, 5.41) is 13.8. The first kappa shape index (κ1) is 12.3. The molecule has 0 atom stereocenters.